The second-order valence-corrected chi connectivity index (χ2v) is 7.00. The maximum atomic E-state index is 12.5. The van der Waals surface area contributed by atoms with E-state index in [2.05, 4.69) is 14.8 Å². The fourth-order valence-corrected chi connectivity index (χ4v) is 3.40. The van der Waals surface area contributed by atoms with Gasteiger partial charge in [0.2, 0.25) is 10.0 Å². The third-order valence-electron chi connectivity index (χ3n) is 3.32. The predicted molar refractivity (Wildman–Crippen MR) is 88.7 cm³/mol. The molecule has 1 amide bonds. The zero-order valence-corrected chi connectivity index (χ0v) is 14.4. The minimum absolute atomic E-state index is 0.242. The third kappa shape index (κ3) is 6.46. The standard InChI is InChI=1S/C16H15F3N2O5S/c17-16(18,19)26-12-6-8-13(9-7-12)27(24,25)21-14(10-20-15(22)23)11-4-2-1-3-5-11/h1-9,14,20-21H,10H2,(H,22,23). The first-order chi connectivity index (χ1) is 12.6. The van der Waals surface area contributed by atoms with Gasteiger partial charge >= 0.3 is 12.5 Å². The van der Waals surface area contributed by atoms with Gasteiger partial charge in [-0.3, -0.25) is 0 Å². The number of sulfonamides is 1. The summed E-state index contributed by atoms with van der Waals surface area (Å²) in [4.78, 5) is 10.4. The highest BCUT2D eigenvalue weighted by atomic mass is 32.2. The van der Waals surface area contributed by atoms with Gasteiger partial charge in [0.15, 0.2) is 0 Å². The molecule has 2 aromatic rings. The molecule has 7 nitrogen and oxygen atoms in total. The van der Waals surface area contributed by atoms with E-state index in [1.54, 1.807) is 30.3 Å². The summed E-state index contributed by atoms with van der Waals surface area (Å²) in [6.45, 7) is -0.242. The maximum absolute atomic E-state index is 12.5. The molecule has 11 heteroatoms. The first-order valence-electron chi connectivity index (χ1n) is 7.47. The van der Waals surface area contributed by atoms with E-state index in [1.165, 1.54) is 0 Å². The fraction of sp³-hybridized carbons (Fsp3) is 0.188. The number of carboxylic acid groups (broad SMARTS) is 1. The van der Waals surface area contributed by atoms with E-state index in [0.29, 0.717) is 5.56 Å². The minimum atomic E-state index is -4.89. The Bertz CT molecular complexity index is 871. The van der Waals surface area contributed by atoms with Crippen molar-refractivity contribution in [2.75, 3.05) is 6.54 Å². The van der Waals surface area contributed by atoms with Crippen LogP contribution in [-0.4, -0.2) is 32.5 Å². The zero-order chi connectivity index (χ0) is 20.1. The number of carbonyl (C=O) groups is 1. The Labute approximate surface area is 152 Å². The summed E-state index contributed by atoms with van der Waals surface area (Å²) < 4.78 is 67.6. The lowest BCUT2D eigenvalue weighted by molar-refractivity contribution is -0.274. The average molecular weight is 404 g/mol. The normalized spacial score (nSPS) is 13.0. The van der Waals surface area contributed by atoms with Crippen molar-refractivity contribution in [1.82, 2.24) is 10.0 Å². The smallest absolute Gasteiger partial charge is 0.465 e. The van der Waals surface area contributed by atoms with Crippen LogP contribution in [0.1, 0.15) is 11.6 Å². The number of amides is 1. The molecule has 0 aliphatic heterocycles. The second-order valence-electron chi connectivity index (χ2n) is 5.29. The van der Waals surface area contributed by atoms with Crippen molar-refractivity contribution >= 4 is 16.1 Å². The van der Waals surface area contributed by atoms with E-state index >= 15 is 0 Å². The third-order valence-corrected chi connectivity index (χ3v) is 4.81. The summed E-state index contributed by atoms with van der Waals surface area (Å²) in [5.74, 6) is -0.561. The van der Waals surface area contributed by atoms with Crippen molar-refractivity contribution in [3.63, 3.8) is 0 Å². The molecule has 146 valence electrons. The van der Waals surface area contributed by atoms with Gasteiger partial charge in [-0.1, -0.05) is 30.3 Å². The van der Waals surface area contributed by atoms with Crippen LogP contribution in [0.4, 0.5) is 18.0 Å². The molecule has 0 radical (unpaired) electrons. The Morgan fingerprint density at radius 2 is 1.67 bits per heavy atom. The highest BCUT2D eigenvalue weighted by Crippen LogP contribution is 2.24. The van der Waals surface area contributed by atoms with Crippen molar-refractivity contribution < 1.29 is 36.2 Å². The molecule has 0 saturated heterocycles. The van der Waals surface area contributed by atoms with Crippen LogP contribution in [0.5, 0.6) is 5.75 Å². The fourth-order valence-electron chi connectivity index (χ4n) is 2.18. The van der Waals surface area contributed by atoms with Gasteiger partial charge in [-0.2, -0.15) is 0 Å². The van der Waals surface area contributed by atoms with Crippen molar-refractivity contribution in [1.29, 1.82) is 0 Å². The second kappa shape index (κ2) is 8.27. The SMILES string of the molecule is O=C(O)NCC(NS(=O)(=O)c1ccc(OC(F)(F)F)cc1)c1ccccc1. The number of benzene rings is 2. The first kappa shape index (κ1) is 20.5. The van der Waals surface area contributed by atoms with Crippen LogP contribution in [0.25, 0.3) is 0 Å². The Kier molecular flexibility index (Phi) is 6.28. The molecule has 0 saturated carbocycles. The molecule has 2 rings (SSSR count). The number of hydrogen-bond acceptors (Lipinski definition) is 4. The van der Waals surface area contributed by atoms with Gasteiger partial charge < -0.3 is 15.2 Å². The molecule has 1 unspecified atom stereocenters. The van der Waals surface area contributed by atoms with Gasteiger partial charge in [-0.05, 0) is 29.8 Å². The highest BCUT2D eigenvalue weighted by Gasteiger charge is 2.31. The quantitative estimate of drug-likeness (QED) is 0.658. The van der Waals surface area contributed by atoms with E-state index in [0.717, 1.165) is 24.3 Å². The van der Waals surface area contributed by atoms with Crippen LogP contribution in [0.15, 0.2) is 59.5 Å². The van der Waals surface area contributed by atoms with Crippen molar-refractivity contribution in [3.05, 3.63) is 60.2 Å². The van der Waals surface area contributed by atoms with E-state index in [9.17, 15) is 26.4 Å². The van der Waals surface area contributed by atoms with Gasteiger partial charge in [0.25, 0.3) is 0 Å². The molecule has 1 atom stereocenters. The lowest BCUT2D eigenvalue weighted by atomic mass is 10.1. The predicted octanol–water partition coefficient (Wildman–Crippen LogP) is 2.87. The molecule has 0 heterocycles. The summed E-state index contributed by atoms with van der Waals surface area (Å²) in [5, 5.41) is 10.9. The Morgan fingerprint density at radius 1 is 1.07 bits per heavy atom. The number of rotatable bonds is 7. The summed E-state index contributed by atoms with van der Waals surface area (Å²) in [7, 11) is -4.14. The molecular weight excluding hydrogens is 389 g/mol. The highest BCUT2D eigenvalue weighted by molar-refractivity contribution is 7.89. The average Bonchev–Trinajstić information content (AvgIpc) is 2.58. The topological polar surface area (TPSA) is 105 Å². The van der Waals surface area contributed by atoms with Gasteiger partial charge in [0.1, 0.15) is 5.75 Å². The molecular formula is C16H15F3N2O5S. The summed E-state index contributed by atoms with van der Waals surface area (Å²) in [5.41, 5.74) is 0.506. The van der Waals surface area contributed by atoms with Crippen LogP contribution >= 0.6 is 0 Å². The molecule has 27 heavy (non-hydrogen) atoms. The van der Waals surface area contributed by atoms with Gasteiger partial charge in [-0.25, -0.2) is 17.9 Å². The summed E-state index contributed by atoms with van der Waals surface area (Å²) >= 11 is 0. The first-order valence-corrected chi connectivity index (χ1v) is 8.95. The molecule has 3 N–H and O–H groups in total. The van der Waals surface area contributed by atoms with E-state index < -0.39 is 34.3 Å². The Hall–Kier alpha value is -2.79. The van der Waals surface area contributed by atoms with Gasteiger partial charge in [0.05, 0.1) is 10.9 Å². The monoisotopic (exact) mass is 404 g/mol. The number of ether oxygens (including phenoxy) is 1. The molecule has 0 bridgehead atoms. The molecule has 2 aromatic carbocycles. The van der Waals surface area contributed by atoms with Crippen molar-refractivity contribution in [3.8, 4) is 5.75 Å². The van der Waals surface area contributed by atoms with Gasteiger partial charge in [-0.15, -0.1) is 13.2 Å². The Balaban J connectivity index is 2.21. The number of alkyl halides is 3. The van der Waals surface area contributed by atoms with E-state index in [-0.39, 0.29) is 11.4 Å². The summed E-state index contributed by atoms with van der Waals surface area (Å²) in [6.07, 6.45) is -6.22. The number of nitrogens with one attached hydrogen (secondary N) is 2. The van der Waals surface area contributed by atoms with E-state index in [4.69, 9.17) is 5.11 Å². The lowest BCUT2D eigenvalue weighted by Crippen LogP contribution is -2.37. The lowest BCUT2D eigenvalue weighted by Gasteiger charge is -2.19. The molecule has 0 aromatic heterocycles. The van der Waals surface area contributed by atoms with Crippen LogP contribution in [0.2, 0.25) is 0 Å². The zero-order valence-electron chi connectivity index (χ0n) is 13.6. The van der Waals surface area contributed by atoms with Crippen LogP contribution in [0, 0.1) is 0 Å². The molecule has 0 aliphatic carbocycles. The minimum Gasteiger partial charge on any atom is -0.465 e. The maximum Gasteiger partial charge on any atom is 0.573 e. The molecule has 0 spiro atoms. The Morgan fingerprint density at radius 3 is 2.19 bits per heavy atom. The van der Waals surface area contributed by atoms with Crippen LogP contribution in [0.3, 0.4) is 0 Å². The molecule has 0 fully saturated rings. The van der Waals surface area contributed by atoms with E-state index in [1.807, 2.05) is 0 Å². The number of hydrogen-bond donors (Lipinski definition) is 3. The van der Waals surface area contributed by atoms with Gasteiger partial charge in [0, 0.05) is 6.54 Å². The summed E-state index contributed by atoms with van der Waals surface area (Å²) in [6, 6.07) is 11.0. The van der Waals surface area contributed by atoms with Crippen LogP contribution in [-0.2, 0) is 10.0 Å². The largest absolute Gasteiger partial charge is 0.573 e. The van der Waals surface area contributed by atoms with Crippen LogP contribution < -0.4 is 14.8 Å². The van der Waals surface area contributed by atoms with Crippen molar-refractivity contribution in [2.45, 2.75) is 17.3 Å². The molecule has 0 aliphatic rings. The van der Waals surface area contributed by atoms with Crippen molar-refractivity contribution in [2.24, 2.45) is 0 Å². The number of halogens is 3.